The van der Waals surface area contributed by atoms with Crippen LogP contribution in [-0.2, 0) is 9.53 Å². The molecule has 2 rings (SSSR count). The molecule has 1 amide bonds. The molecule has 0 aromatic heterocycles. The van der Waals surface area contributed by atoms with E-state index >= 15 is 0 Å². The van der Waals surface area contributed by atoms with Crippen LogP contribution in [0.1, 0.15) is 28.4 Å². The van der Waals surface area contributed by atoms with E-state index in [0.29, 0.717) is 11.3 Å². The minimum absolute atomic E-state index is 0.0265. The Morgan fingerprint density at radius 2 is 1.80 bits per heavy atom. The molecular formula is C20H21NO4. The number of hydrogen-bond donors (Lipinski definition) is 1. The summed E-state index contributed by atoms with van der Waals surface area (Å²) in [5, 5.41) is 2.89. The molecule has 25 heavy (non-hydrogen) atoms. The van der Waals surface area contributed by atoms with Gasteiger partial charge in [0.05, 0.1) is 19.6 Å². The van der Waals surface area contributed by atoms with Crippen LogP contribution in [-0.4, -0.2) is 25.6 Å². The summed E-state index contributed by atoms with van der Waals surface area (Å²) in [4.78, 5) is 24.4. The Bertz CT molecular complexity index is 710. The lowest BCUT2D eigenvalue weighted by Crippen LogP contribution is -2.30. The topological polar surface area (TPSA) is 64.6 Å². The molecule has 0 bridgehead atoms. The number of carbonyl (C=O) groups is 2. The summed E-state index contributed by atoms with van der Waals surface area (Å²) in [6, 6.07) is 15.5. The molecule has 0 aliphatic carbocycles. The largest absolute Gasteiger partial charge is 0.497 e. The lowest BCUT2D eigenvalue weighted by atomic mass is 10.0. The predicted molar refractivity (Wildman–Crippen MR) is 95.4 cm³/mol. The average Bonchev–Trinajstić information content (AvgIpc) is 2.66. The van der Waals surface area contributed by atoms with E-state index in [-0.39, 0.29) is 18.9 Å². The Balaban J connectivity index is 2.16. The highest BCUT2D eigenvalue weighted by molar-refractivity contribution is 5.94. The van der Waals surface area contributed by atoms with E-state index in [1.54, 1.807) is 43.5 Å². The Hall–Kier alpha value is -3.08. The zero-order chi connectivity index (χ0) is 18.1. The maximum absolute atomic E-state index is 12.4. The summed E-state index contributed by atoms with van der Waals surface area (Å²) in [6.45, 7) is 3.66. The van der Waals surface area contributed by atoms with Crippen molar-refractivity contribution in [1.29, 1.82) is 0 Å². The monoisotopic (exact) mass is 339 g/mol. The zero-order valence-electron chi connectivity index (χ0n) is 14.1. The maximum Gasteiger partial charge on any atom is 0.308 e. The van der Waals surface area contributed by atoms with E-state index in [1.165, 1.54) is 6.08 Å². The van der Waals surface area contributed by atoms with Crippen LogP contribution in [0.15, 0.2) is 67.3 Å². The smallest absolute Gasteiger partial charge is 0.308 e. The van der Waals surface area contributed by atoms with Crippen molar-refractivity contribution in [1.82, 2.24) is 5.32 Å². The van der Waals surface area contributed by atoms with Gasteiger partial charge in [0.15, 0.2) is 0 Å². The molecule has 0 fully saturated rings. The van der Waals surface area contributed by atoms with Gasteiger partial charge in [-0.1, -0.05) is 43.0 Å². The van der Waals surface area contributed by atoms with Gasteiger partial charge in [0, 0.05) is 5.56 Å². The van der Waals surface area contributed by atoms with Gasteiger partial charge in [-0.05, 0) is 29.8 Å². The van der Waals surface area contributed by atoms with Crippen LogP contribution < -0.4 is 10.1 Å². The Kier molecular flexibility index (Phi) is 6.77. The standard InChI is InChI=1S/C20H21NO4/c1-3-13-25-19(22)14-18(15-9-11-17(24-2)12-10-15)21-20(23)16-7-5-4-6-8-16/h3-12,18H,1,13-14H2,2H3,(H,21,23)/t18-/m1/s1. The van der Waals surface area contributed by atoms with E-state index in [9.17, 15) is 9.59 Å². The number of methoxy groups -OCH3 is 1. The average molecular weight is 339 g/mol. The highest BCUT2D eigenvalue weighted by Crippen LogP contribution is 2.21. The summed E-state index contributed by atoms with van der Waals surface area (Å²) < 4.78 is 10.2. The SMILES string of the molecule is C=CCOC(=O)C[C@@H](NC(=O)c1ccccc1)c1ccc(OC)cc1. The third-order valence-electron chi connectivity index (χ3n) is 3.59. The molecule has 1 N–H and O–H groups in total. The highest BCUT2D eigenvalue weighted by Gasteiger charge is 2.20. The summed E-state index contributed by atoms with van der Waals surface area (Å²) in [7, 11) is 1.58. The molecule has 0 spiro atoms. The molecule has 0 saturated carbocycles. The first-order valence-electron chi connectivity index (χ1n) is 7.90. The van der Waals surface area contributed by atoms with Crippen molar-refractivity contribution < 1.29 is 19.1 Å². The van der Waals surface area contributed by atoms with E-state index < -0.39 is 12.0 Å². The quantitative estimate of drug-likeness (QED) is 0.592. The van der Waals surface area contributed by atoms with Gasteiger partial charge in [0.1, 0.15) is 12.4 Å². The van der Waals surface area contributed by atoms with Crippen molar-refractivity contribution in [3.8, 4) is 5.75 Å². The number of benzene rings is 2. The number of rotatable bonds is 8. The number of amides is 1. The normalized spacial score (nSPS) is 11.2. The first kappa shape index (κ1) is 18.3. The first-order valence-corrected chi connectivity index (χ1v) is 7.90. The molecule has 0 saturated heterocycles. The summed E-state index contributed by atoms with van der Waals surface area (Å²) in [5.74, 6) is 0.0399. The summed E-state index contributed by atoms with van der Waals surface area (Å²) in [5.41, 5.74) is 1.32. The van der Waals surface area contributed by atoms with E-state index in [4.69, 9.17) is 9.47 Å². The van der Waals surface area contributed by atoms with Crippen molar-refractivity contribution in [3.05, 3.63) is 78.4 Å². The molecule has 0 radical (unpaired) electrons. The van der Waals surface area contributed by atoms with Gasteiger partial charge < -0.3 is 14.8 Å². The second-order valence-corrected chi connectivity index (χ2v) is 5.34. The third kappa shape index (κ3) is 5.49. The maximum atomic E-state index is 12.4. The van der Waals surface area contributed by atoms with Crippen molar-refractivity contribution in [3.63, 3.8) is 0 Å². The first-order chi connectivity index (χ1) is 12.1. The molecule has 5 heteroatoms. The molecule has 0 aliphatic heterocycles. The van der Waals surface area contributed by atoms with Crippen molar-refractivity contribution in [2.45, 2.75) is 12.5 Å². The van der Waals surface area contributed by atoms with E-state index in [1.807, 2.05) is 18.2 Å². The fraction of sp³-hybridized carbons (Fsp3) is 0.200. The molecular weight excluding hydrogens is 318 g/mol. The van der Waals surface area contributed by atoms with Crippen molar-refractivity contribution in [2.24, 2.45) is 0 Å². The van der Waals surface area contributed by atoms with Crippen molar-refractivity contribution >= 4 is 11.9 Å². The van der Waals surface area contributed by atoms with Gasteiger partial charge in [0.2, 0.25) is 0 Å². The van der Waals surface area contributed by atoms with Gasteiger partial charge in [-0.25, -0.2) is 0 Å². The number of nitrogens with one attached hydrogen (secondary N) is 1. The van der Waals surface area contributed by atoms with Gasteiger partial charge >= 0.3 is 5.97 Å². The lowest BCUT2D eigenvalue weighted by Gasteiger charge is -2.19. The summed E-state index contributed by atoms with van der Waals surface area (Å²) >= 11 is 0. The van der Waals surface area contributed by atoms with E-state index in [0.717, 1.165) is 5.56 Å². The number of hydrogen-bond acceptors (Lipinski definition) is 4. The molecule has 0 heterocycles. The Morgan fingerprint density at radius 1 is 1.12 bits per heavy atom. The zero-order valence-corrected chi connectivity index (χ0v) is 14.1. The van der Waals surface area contributed by atoms with E-state index in [2.05, 4.69) is 11.9 Å². The number of esters is 1. The van der Waals surface area contributed by atoms with Crippen LogP contribution in [0, 0.1) is 0 Å². The molecule has 0 aliphatic rings. The third-order valence-corrected chi connectivity index (χ3v) is 3.59. The fourth-order valence-electron chi connectivity index (χ4n) is 2.30. The van der Waals surface area contributed by atoms with Gasteiger partial charge in [-0.2, -0.15) is 0 Å². The molecule has 5 nitrogen and oxygen atoms in total. The summed E-state index contributed by atoms with van der Waals surface area (Å²) in [6.07, 6.45) is 1.53. The number of ether oxygens (including phenoxy) is 2. The second-order valence-electron chi connectivity index (χ2n) is 5.34. The molecule has 0 unspecified atom stereocenters. The minimum Gasteiger partial charge on any atom is -0.497 e. The minimum atomic E-state index is -0.504. The Morgan fingerprint density at radius 3 is 2.40 bits per heavy atom. The Labute approximate surface area is 147 Å². The van der Waals surface area contributed by atoms with Gasteiger partial charge in [-0.15, -0.1) is 0 Å². The van der Waals surface area contributed by atoms with Crippen LogP contribution >= 0.6 is 0 Å². The molecule has 1 atom stereocenters. The predicted octanol–water partition coefficient (Wildman–Crippen LogP) is 3.29. The fourth-order valence-corrected chi connectivity index (χ4v) is 2.30. The van der Waals surface area contributed by atoms with Crippen LogP contribution in [0.25, 0.3) is 0 Å². The second kappa shape index (κ2) is 9.27. The lowest BCUT2D eigenvalue weighted by molar-refractivity contribution is -0.142. The molecule has 130 valence electrons. The molecule has 2 aromatic rings. The molecule has 2 aromatic carbocycles. The van der Waals surface area contributed by atoms with Crippen LogP contribution in [0.2, 0.25) is 0 Å². The van der Waals surface area contributed by atoms with Crippen LogP contribution in [0.3, 0.4) is 0 Å². The van der Waals surface area contributed by atoms with Gasteiger partial charge in [-0.3, -0.25) is 9.59 Å². The van der Waals surface area contributed by atoms with Gasteiger partial charge in [0.25, 0.3) is 5.91 Å². The highest BCUT2D eigenvalue weighted by atomic mass is 16.5. The van der Waals surface area contributed by atoms with Crippen LogP contribution in [0.5, 0.6) is 5.75 Å². The van der Waals surface area contributed by atoms with Crippen LogP contribution in [0.4, 0.5) is 0 Å². The van der Waals surface area contributed by atoms with Crippen molar-refractivity contribution in [2.75, 3.05) is 13.7 Å². The number of carbonyl (C=O) groups excluding carboxylic acids is 2.